The maximum atomic E-state index is 13.6. The highest BCUT2D eigenvalue weighted by atomic mass is 32.2. The summed E-state index contributed by atoms with van der Waals surface area (Å²) >= 11 is 1.69. The van der Waals surface area contributed by atoms with Gasteiger partial charge in [-0.3, -0.25) is 4.90 Å². The van der Waals surface area contributed by atoms with Gasteiger partial charge in [0.1, 0.15) is 5.82 Å². The van der Waals surface area contributed by atoms with Gasteiger partial charge in [0.05, 0.1) is 12.7 Å². The lowest BCUT2D eigenvalue weighted by atomic mass is 9.82. The Kier molecular flexibility index (Phi) is 9.21. The van der Waals surface area contributed by atoms with Crippen LogP contribution in [-0.4, -0.2) is 55.1 Å². The lowest BCUT2D eigenvalue weighted by Crippen LogP contribution is -2.49. The lowest BCUT2D eigenvalue weighted by Gasteiger charge is -2.40. The van der Waals surface area contributed by atoms with E-state index in [0.29, 0.717) is 24.0 Å². The molecule has 1 saturated heterocycles. The smallest absolute Gasteiger partial charge is 0.123 e. The van der Waals surface area contributed by atoms with Crippen molar-refractivity contribution in [2.75, 3.05) is 33.8 Å². The number of piperidine rings is 1. The fourth-order valence-electron chi connectivity index (χ4n) is 5.17. The molecule has 2 aliphatic rings. The predicted octanol–water partition coefficient (Wildman–Crippen LogP) is 5.47. The minimum absolute atomic E-state index is 0.127. The summed E-state index contributed by atoms with van der Waals surface area (Å²) in [5, 5.41) is 0. The number of likely N-dealkylation sites (tertiary alicyclic amines) is 1. The number of hydrogen-bond acceptors (Lipinski definition) is 5. The van der Waals surface area contributed by atoms with Gasteiger partial charge in [-0.2, -0.15) is 0 Å². The Balaban J connectivity index is 1.29. The van der Waals surface area contributed by atoms with Crippen molar-refractivity contribution in [3.8, 4) is 0 Å². The number of nitrogens with zero attached hydrogens (tertiary/aromatic N) is 2. The minimum atomic E-state index is -0.127. The van der Waals surface area contributed by atoms with E-state index in [1.165, 1.54) is 11.6 Å². The molecule has 1 saturated carbocycles. The highest BCUT2D eigenvalue weighted by Crippen LogP contribution is 2.34. The Hall–Kier alpha value is -1.44. The first-order valence-electron chi connectivity index (χ1n) is 12.3. The van der Waals surface area contributed by atoms with Crippen LogP contribution in [0.4, 0.5) is 4.39 Å². The highest BCUT2D eigenvalue weighted by Gasteiger charge is 2.31. The van der Waals surface area contributed by atoms with E-state index in [0.717, 1.165) is 63.9 Å². The maximum Gasteiger partial charge on any atom is 0.123 e. The summed E-state index contributed by atoms with van der Waals surface area (Å²) in [4.78, 5) is 2.57. The molecule has 0 aromatic heterocycles. The van der Waals surface area contributed by atoms with E-state index in [1.807, 2.05) is 6.07 Å². The molecule has 1 heterocycles. The summed E-state index contributed by atoms with van der Waals surface area (Å²) in [5.74, 6) is 0.802. The standard InChI is InChI=1S/C27H38FN3OS/c1-30(2)33-29-27-15-16-31(18-21-7-4-3-5-8-21)19-24(27)20-32-26-13-11-22(12-14-26)23-9-6-10-25(28)17-23/h3-10,17,22,24,26-27,29H,11-16,18-20H2,1-2H3/t22?,24-,26?,27?/m0/s1. The van der Waals surface area contributed by atoms with Crippen molar-refractivity contribution in [1.82, 2.24) is 13.9 Å². The van der Waals surface area contributed by atoms with Gasteiger partial charge < -0.3 is 4.74 Å². The summed E-state index contributed by atoms with van der Waals surface area (Å²) in [5.41, 5.74) is 2.52. The normalized spacial score (nSPS) is 26.5. The zero-order chi connectivity index (χ0) is 23.0. The molecule has 0 spiro atoms. The van der Waals surface area contributed by atoms with E-state index < -0.39 is 0 Å². The highest BCUT2D eigenvalue weighted by molar-refractivity contribution is 7.95. The molecule has 2 aromatic carbocycles. The molecule has 0 amide bonds. The Labute approximate surface area is 203 Å². The molecule has 4 nitrogen and oxygen atoms in total. The molecule has 1 aliphatic carbocycles. The van der Waals surface area contributed by atoms with Gasteiger partial charge in [-0.1, -0.05) is 42.5 Å². The molecule has 33 heavy (non-hydrogen) atoms. The first-order valence-corrected chi connectivity index (χ1v) is 13.1. The quantitative estimate of drug-likeness (QED) is 0.489. The van der Waals surface area contributed by atoms with Gasteiger partial charge in [-0.15, -0.1) is 0 Å². The lowest BCUT2D eigenvalue weighted by molar-refractivity contribution is -0.0177. The molecule has 2 aromatic rings. The van der Waals surface area contributed by atoms with E-state index in [-0.39, 0.29) is 5.82 Å². The van der Waals surface area contributed by atoms with Gasteiger partial charge in [-0.05, 0) is 75.4 Å². The summed E-state index contributed by atoms with van der Waals surface area (Å²) < 4.78 is 25.9. The van der Waals surface area contributed by atoms with Crippen LogP contribution in [0.5, 0.6) is 0 Å². The zero-order valence-electron chi connectivity index (χ0n) is 20.0. The summed E-state index contributed by atoms with van der Waals surface area (Å²) in [6, 6.07) is 18.3. The van der Waals surface area contributed by atoms with Crippen molar-refractivity contribution in [2.45, 2.75) is 56.7 Å². The van der Waals surface area contributed by atoms with Gasteiger partial charge in [0.15, 0.2) is 0 Å². The second-order valence-corrected chi connectivity index (χ2v) is 10.9. The maximum absolute atomic E-state index is 13.6. The fourth-order valence-corrected chi connectivity index (χ4v) is 5.83. The molecule has 2 atom stereocenters. The third kappa shape index (κ3) is 7.52. The molecule has 1 N–H and O–H groups in total. The first kappa shape index (κ1) is 24.7. The van der Waals surface area contributed by atoms with Gasteiger partial charge in [0.25, 0.3) is 0 Å². The van der Waals surface area contributed by atoms with E-state index in [4.69, 9.17) is 4.74 Å². The number of halogens is 1. The van der Waals surface area contributed by atoms with Crippen LogP contribution in [0.15, 0.2) is 54.6 Å². The molecule has 180 valence electrons. The van der Waals surface area contributed by atoms with Crippen LogP contribution in [0.1, 0.15) is 49.1 Å². The van der Waals surface area contributed by atoms with Crippen molar-refractivity contribution < 1.29 is 9.13 Å². The summed E-state index contributed by atoms with van der Waals surface area (Å²) in [6.07, 6.45) is 5.74. The van der Waals surface area contributed by atoms with Crippen molar-refractivity contribution in [3.63, 3.8) is 0 Å². The molecule has 0 radical (unpaired) electrons. The number of benzene rings is 2. The van der Waals surface area contributed by atoms with Crippen molar-refractivity contribution in [3.05, 3.63) is 71.5 Å². The van der Waals surface area contributed by atoms with Crippen LogP contribution in [0, 0.1) is 11.7 Å². The summed E-state index contributed by atoms with van der Waals surface area (Å²) in [6.45, 7) is 3.96. The molecule has 2 fully saturated rings. The van der Waals surface area contributed by atoms with Gasteiger partial charge >= 0.3 is 0 Å². The second-order valence-electron chi connectivity index (χ2n) is 9.76. The largest absolute Gasteiger partial charge is 0.378 e. The van der Waals surface area contributed by atoms with Crippen LogP contribution in [0.2, 0.25) is 0 Å². The van der Waals surface area contributed by atoms with Gasteiger partial charge in [0.2, 0.25) is 0 Å². The number of nitrogens with one attached hydrogen (secondary N) is 1. The molecular weight excluding hydrogens is 433 g/mol. The fraction of sp³-hybridized carbons (Fsp3) is 0.556. The number of rotatable bonds is 9. The average Bonchev–Trinajstić information content (AvgIpc) is 2.83. The molecular formula is C27H38FN3OS. The van der Waals surface area contributed by atoms with Crippen molar-refractivity contribution >= 4 is 12.1 Å². The van der Waals surface area contributed by atoms with E-state index in [9.17, 15) is 4.39 Å². The topological polar surface area (TPSA) is 27.7 Å². The van der Waals surface area contributed by atoms with Crippen LogP contribution in [0.25, 0.3) is 0 Å². The molecule has 1 unspecified atom stereocenters. The number of ether oxygens (including phenoxy) is 1. The van der Waals surface area contributed by atoms with Gasteiger partial charge in [0, 0.05) is 43.7 Å². The van der Waals surface area contributed by atoms with E-state index in [2.05, 4.69) is 64.4 Å². The molecule has 0 bridgehead atoms. The Morgan fingerprint density at radius 3 is 2.55 bits per heavy atom. The van der Waals surface area contributed by atoms with Crippen molar-refractivity contribution in [2.24, 2.45) is 5.92 Å². The average molecular weight is 472 g/mol. The molecule has 6 heteroatoms. The predicted molar refractivity (Wildman–Crippen MR) is 135 cm³/mol. The monoisotopic (exact) mass is 471 g/mol. The van der Waals surface area contributed by atoms with Crippen LogP contribution in [-0.2, 0) is 11.3 Å². The second kappa shape index (κ2) is 12.3. The first-order chi connectivity index (χ1) is 16.1. The third-order valence-corrected chi connectivity index (χ3v) is 7.77. The van der Waals surface area contributed by atoms with Crippen LogP contribution >= 0.6 is 12.1 Å². The SMILES string of the molecule is CN(C)SNC1CCN(Cc2ccccc2)C[C@H]1COC1CCC(c2cccc(F)c2)CC1. The Morgan fingerprint density at radius 2 is 1.82 bits per heavy atom. The van der Waals surface area contributed by atoms with Crippen LogP contribution < -0.4 is 4.72 Å². The molecule has 4 rings (SSSR count). The Bertz CT molecular complexity index is 844. The van der Waals surface area contributed by atoms with Gasteiger partial charge in [-0.25, -0.2) is 13.4 Å². The van der Waals surface area contributed by atoms with Crippen molar-refractivity contribution in [1.29, 1.82) is 0 Å². The van der Waals surface area contributed by atoms with E-state index >= 15 is 0 Å². The Morgan fingerprint density at radius 1 is 1.03 bits per heavy atom. The zero-order valence-corrected chi connectivity index (χ0v) is 20.8. The molecule has 1 aliphatic heterocycles. The van der Waals surface area contributed by atoms with E-state index in [1.54, 1.807) is 18.2 Å². The third-order valence-electron chi connectivity index (χ3n) is 6.99. The van der Waals surface area contributed by atoms with Crippen LogP contribution in [0.3, 0.4) is 0 Å². The minimum Gasteiger partial charge on any atom is -0.378 e. The number of hydrogen-bond donors (Lipinski definition) is 1. The summed E-state index contributed by atoms with van der Waals surface area (Å²) in [7, 11) is 4.15.